The smallest absolute Gasteiger partial charge is 0.400 e. The molecule has 0 radical (unpaired) electrons. The summed E-state index contributed by atoms with van der Waals surface area (Å²) in [6.45, 7) is 4.77. The van der Waals surface area contributed by atoms with Crippen molar-refractivity contribution >= 4 is 43.9 Å². The van der Waals surface area contributed by atoms with Gasteiger partial charge in [0.05, 0.1) is 0 Å². The Morgan fingerprint density at radius 3 is 2.25 bits per heavy atom. The van der Waals surface area contributed by atoms with Crippen molar-refractivity contribution in [2.24, 2.45) is 10.2 Å². The molecule has 1 atom stereocenters. The average Bonchev–Trinajstić information content (AvgIpc) is 2.86. The fourth-order valence-corrected chi connectivity index (χ4v) is 4.50. The molecule has 2 aromatic rings. The van der Waals surface area contributed by atoms with E-state index in [0.717, 1.165) is 32.3 Å². The lowest BCUT2D eigenvalue weighted by Gasteiger charge is -2.40. The molecule has 1 saturated heterocycles. The molecule has 1 N–H and O–H groups in total. The zero-order chi connectivity index (χ0) is 25.9. The Labute approximate surface area is 219 Å². The number of carbonyl (C=O) groups is 1. The number of alkyl halides is 3. The fraction of sp³-hybridized carbons (Fsp3) is 0.348. The van der Waals surface area contributed by atoms with Gasteiger partial charge < -0.3 is 14.4 Å². The van der Waals surface area contributed by atoms with E-state index in [9.17, 15) is 18.0 Å². The Hall–Kier alpha value is -2.91. The number of hydrogen-bond acceptors (Lipinski definition) is 9. The number of hydrazone groups is 2. The van der Waals surface area contributed by atoms with Crippen LogP contribution in [0.5, 0.6) is 0 Å². The first kappa shape index (κ1) is 26.2. The molecule has 192 valence electrons. The molecule has 0 spiro atoms. The molecular formula is C23H24F3IN6O3. The zero-order valence-corrected chi connectivity index (χ0v) is 21.7. The molecule has 2 heterocycles. The highest BCUT2D eigenvalue weighted by atomic mass is 127. The van der Waals surface area contributed by atoms with E-state index in [2.05, 4.69) is 39.7 Å². The number of nitrogens with zero attached hydrogens (tertiary/aromatic N) is 5. The number of piperazine rings is 1. The second-order valence-electron chi connectivity index (χ2n) is 8.06. The quantitative estimate of drug-likeness (QED) is 0.407. The minimum absolute atomic E-state index is 0.0984. The van der Waals surface area contributed by atoms with E-state index in [-0.39, 0.29) is 3.72 Å². The maximum absolute atomic E-state index is 14.1. The van der Waals surface area contributed by atoms with Gasteiger partial charge in [0.1, 0.15) is 0 Å². The van der Waals surface area contributed by atoms with Crippen LogP contribution in [0.25, 0.3) is 0 Å². The lowest BCUT2D eigenvalue weighted by Crippen LogP contribution is -2.57. The van der Waals surface area contributed by atoms with Crippen molar-refractivity contribution in [3.8, 4) is 0 Å². The first-order chi connectivity index (χ1) is 17.2. The first-order valence-electron chi connectivity index (χ1n) is 11.0. The van der Waals surface area contributed by atoms with E-state index in [1.165, 1.54) is 34.7 Å². The number of esters is 1. The number of ether oxygens (including phenoxy) is 2. The number of benzene rings is 2. The summed E-state index contributed by atoms with van der Waals surface area (Å²) in [7, 11) is 0.806. The highest BCUT2D eigenvalue weighted by Crippen LogP contribution is 2.43. The number of hydrazine groups is 2. The predicted molar refractivity (Wildman–Crippen MR) is 136 cm³/mol. The monoisotopic (exact) mass is 616 g/mol. The highest BCUT2D eigenvalue weighted by Gasteiger charge is 2.64. The molecule has 0 amide bonds. The predicted octanol–water partition coefficient (Wildman–Crippen LogP) is 3.56. The van der Waals surface area contributed by atoms with E-state index in [0.29, 0.717) is 13.1 Å². The number of para-hydroxylation sites is 1. The third kappa shape index (κ3) is 4.99. The van der Waals surface area contributed by atoms with Gasteiger partial charge in [0, 0.05) is 44.5 Å². The standard InChI is InChI=1S/C23H24F3IN6O3/c1-16-8-6-7-11-18(16)31-12-14-32(15-13-31)33-29-19(27)20(28-30-33)36-21(34)22(35-2,23(24,25)26)17-9-4-3-5-10-17/h3-11,30H,12-15H2,1-2H3. The molecule has 2 aromatic carbocycles. The first-order valence-corrected chi connectivity index (χ1v) is 12.1. The highest BCUT2D eigenvalue weighted by molar-refractivity contribution is 14.1. The van der Waals surface area contributed by atoms with E-state index < -0.39 is 29.2 Å². The Bertz CT molecular complexity index is 1160. The summed E-state index contributed by atoms with van der Waals surface area (Å²) in [6.07, 6.45) is -5.09. The summed E-state index contributed by atoms with van der Waals surface area (Å²) in [6, 6.07) is 14.7. The molecule has 4 rings (SSSR count). The topological polar surface area (TPSA) is 82.0 Å². The molecule has 0 aliphatic carbocycles. The molecular weight excluding hydrogens is 592 g/mol. The summed E-state index contributed by atoms with van der Waals surface area (Å²) in [5.41, 5.74) is 1.25. The molecule has 13 heteroatoms. The van der Waals surface area contributed by atoms with Crippen molar-refractivity contribution in [3.63, 3.8) is 0 Å². The van der Waals surface area contributed by atoms with Gasteiger partial charge in [-0.05, 0) is 41.1 Å². The van der Waals surface area contributed by atoms with Crippen LogP contribution in [0.15, 0.2) is 64.8 Å². The molecule has 36 heavy (non-hydrogen) atoms. The molecule has 0 bridgehead atoms. The van der Waals surface area contributed by atoms with Gasteiger partial charge in [-0.2, -0.15) is 23.7 Å². The largest absolute Gasteiger partial charge is 0.432 e. The Morgan fingerprint density at radius 1 is 1.03 bits per heavy atom. The van der Waals surface area contributed by atoms with Crippen LogP contribution in [0, 0.1) is 6.92 Å². The summed E-state index contributed by atoms with van der Waals surface area (Å²) < 4.78 is 52.3. The van der Waals surface area contributed by atoms with E-state index >= 15 is 0 Å². The molecule has 1 fully saturated rings. The van der Waals surface area contributed by atoms with Crippen molar-refractivity contribution in [3.05, 3.63) is 65.7 Å². The SMILES string of the molecule is COC(C(=O)OC1=NNN(N2CCN(c3ccccc3C)CC2)N=C1I)(c1ccccc1)C(F)(F)F. The number of rotatable bonds is 5. The summed E-state index contributed by atoms with van der Waals surface area (Å²) in [4.78, 5) is 15.1. The van der Waals surface area contributed by atoms with Crippen LogP contribution in [0.4, 0.5) is 18.9 Å². The molecule has 9 nitrogen and oxygen atoms in total. The lowest BCUT2D eigenvalue weighted by molar-refractivity contribution is -0.273. The molecule has 0 aromatic heterocycles. The third-order valence-corrected chi connectivity index (χ3v) is 6.62. The number of carbonyl (C=O) groups excluding carboxylic acids is 1. The summed E-state index contributed by atoms with van der Waals surface area (Å²) >= 11 is 1.76. The number of hydrogen-bond donors (Lipinski definition) is 1. The van der Waals surface area contributed by atoms with Gasteiger partial charge in [-0.15, -0.1) is 15.4 Å². The Morgan fingerprint density at radius 2 is 1.67 bits per heavy atom. The van der Waals surface area contributed by atoms with Gasteiger partial charge in [0.2, 0.25) is 0 Å². The minimum atomic E-state index is -5.09. The van der Waals surface area contributed by atoms with Crippen LogP contribution in [-0.4, -0.2) is 65.3 Å². The second-order valence-corrected chi connectivity index (χ2v) is 9.08. The Balaban J connectivity index is 1.44. The zero-order valence-electron chi connectivity index (χ0n) is 19.5. The number of halogens is 4. The minimum Gasteiger partial charge on any atom is -0.400 e. The number of aryl methyl sites for hydroxylation is 1. The molecule has 2 aliphatic rings. The van der Waals surface area contributed by atoms with Crippen molar-refractivity contribution in [2.45, 2.75) is 18.7 Å². The van der Waals surface area contributed by atoms with Gasteiger partial charge in [-0.3, -0.25) is 0 Å². The van der Waals surface area contributed by atoms with Crippen molar-refractivity contribution in [2.75, 3.05) is 38.2 Å². The van der Waals surface area contributed by atoms with E-state index in [1.807, 2.05) is 17.1 Å². The van der Waals surface area contributed by atoms with Gasteiger partial charge in [-0.1, -0.05) is 48.5 Å². The van der Waals surface area contributed by atoms with Crippen LogP contribution in [-0.2, 0) is 19.9 Å². The summed E-state index contributed by atoms with van der Waals surface area (Å²) in [5, 5.41) is 11.5. The number of anilines is 1. The maximum atomic E-state index is 14.1. The molecule has 1 unspecified atom stereocenters. The Kier molecular flexibility index (Phi) is 7.70. The van der Waals surface area contributed by atoms with Crippen molar-refractivity contribution in [1.82, 2.24) is 15.8 Å². The third-order valence-electron chi connectivity index (χ3n) is 5.94. The van der Waals surface area contributed by atoms with Gasteiger partial charge in [0.25, 0.3) is 11.5 Å². The van der Waals surface area contributed by atoms with E-state index in [4.69, 9.17) is 9.47 Å². The van der Waals surface area contributed by atoms with Crippen LogP contribution in [0.3, 0.4) is 0 Å². The van der Waals surface area contributed by atoms with Gasteiger partial charge in [0.15, 0.2) is 3.72 Å². The average molecular weight is 616 g/mol. The van der Waals surface area contributed by atoms with Crippen LogP contribution in [0.2, 0.25) is 0 Å². The van der Waals surface area contributed by atoms with Crippen molar-refractivity contribution < 1.29 is 27.4 Å². The van der Waals surface area contributed by atoms with Crippen LogP contribution >= 0.6 is 22.6 Å². The number of nitrogens with one attached hydrogen (secondary N) is 1. The normalized spacial score (nSPS) is 18.6. The number of methoxy groups -OCH3 is 1. The van der Waals surface area contributed by atoms with Gasteiger partial charge >= 0.3 is 12.1 Å². The van der Waals surface area contributed by atoms with E-state index in [1.54, 1.807) is 22.6 Å². The lowest BCUT2D eigenvalue weighted by atomic mass is 9.93. The van der Waals surface area contributed by atoms with Crippen LogP contribution in [0.1, 0.15) is 11.1 Å². The van der Waals surface area contributed by atoms with Crippen LogP contribution < -0.4 is 10.4 Å². The molecule has 0 saturated carbocycles. The van der Waals surface area contributed by atoms with Gasteiger partial charge in [-0.25, -0.2) is 4.79 Å². The summed E-state index contributed by atoms with van der Waals surface area (Å²) in [5.74, 6) is -2.06. The molecule has 2 aliphatic heterocycles. The van der Waals surface area contributed by atoms with Crippen molar-refractivity contribution in [1.29, 1.82) is 0 Å². The second kappa shape index (κ2) is 10.6. The fourth-order valence-electron chi connectivity index (χ4n) is 4.07. The maximum Gasteiger partial charge on any atom is 0.432 e.